The fourth-order valence-electron chi connectivity index (χ4n) is 4.99. The minimum absolute atomic E-state index is 0.00368. The van der Waals surface area contributed by atoms with Crippen LogP contribution in [0.2, 0.25) is 0 Å². The minimum Gasteiger partial charge on any atom is -0.395 e. The van der Waals surface area contributed by atoms with E-state index < -0.39 is 47.4 Å². The van der Waals surface area contributed by atoms with Crippen molar-refractivity contribution < 1.29 is 45.4 Å². The van der Waals surface area contributed by atoms with E-state index >= 15 is 0 Å². The normalized spacial score (nSPS) is 20.9. The number of amides is 1. The molecular weight excluding hydrogens is 533 g/mol. The summed E-state index contributed by atoms with van der Waals surface area (Å²) in [6.07, 6.45) is -10.8. The van der Waals surface area contributed by atoms with Gasteiger partial charge in [0.1, 0.15) is 5.82 Å². The first-order chi connectivity index (χ1) is 18.1. The fourth-order valence-corrected chi connectivity index (χ4v) is 4.99. The molecule has 4 atom stereocenters. The Morgan fingerprint density at radius 3 is 2.08 bits per heavy atom. The molecule has 39 heavy (non-hydrogen) atoms. The van der Waals surface area contributed by atoms with E-state index in [0.29, 0.717) is 30.5 Å². The number of carbonyl (C=O) groups excluding carboxylic acids is 1. The van der Waals surface area contributed by atoms with E-state index in [9.17, 15) is 35.5 Å². The van der Waals surface area contributed by atoms with Crippen molar-refractivity contribution in [3.63, 3.8) is 0 Å². The van der Waals surface area contributed by atoms with Gasteiger partial charge in [-0.2, -0.15) is 26.3 Å². The second kappa shape index (κ2) is 12.2. The van der Waals surface area contributed by atoms with E-state index in [-0.39, 0.29) is 43.3 Å². The van der Waals surface area contributed by atoms with Gasteiger partial charge in [0.2, 0.25) is 5.91 Å². The molecule has 0 spiro atoms. The Morgan fingerprint density at radius 1 is 1.00 bits per heavy atom. The van der Waals surface area contributed by atoms with Crippen LogP contribution < -0.4 is 0 Å². The Labute approximate surface area is 222 Å². The Hall–Kier alpha value is -2.70. The van der Waals surface area contributed by atoms with E-state index in [1.807, 2.05) is 0 Å². The van der Waals surface area contributed by atoms with Crippen LogP contribution in [0.15, 0.2) is 42.5 Å². The van der Waals surface area contributed by atoms with Crippen molar-refractivity contribution in [3.8, 4) is 0 Å². The van der Waals surface area contributed by atoms with Crippen molar-refractivity contribution in [2.75, 3.05) is 33.8 Å². The number of hydrogen-bond acceptors (Lipinski definition) is 4. The number of ether oxygens (including phenoxy) is 1. The molecule has 2 aromatic carbocycles. The molecule has 0 bridgehead atoms. The molecule has 0 unspecified atom stereocenters. The average Bonchev–Trinajstić information content (AvgIpc) is 3.26. The van der Waals surface area contributed by atoms with Gasteiger partial charge < -0.3 is 14.7 Å². The number of nitrogens with zero attached hydrogens (tertiary/aromatic N) is 2. The van der Waals surface area contributed by atoms with Crippen LogP contribution in [0.4, 0.5) is 30.7 Å². The number of rotatable bonds is 9. The molecule has 0 saturated heterocycles. The van der Waals surface area contributed by atoms with Crippen molar-refractivity contribution in [2.24, 2.45) is 0 Å². The third kappa shape index (κ3) is 7.70. The van der Waals surface area contributed by atoms with Crippen LogP contribution in [0.1, 0.15) is 54.0 Å². The molecule has 1 saturated carbocycles. The number of likely N-dealkylation sites (N-methyl/N-ethyl adjacent to an activating group) is 2. The molecule has 0 aliphatic heterocycles. The van der Waals surface area contributed by atoms with Crippen LogP contribution in [0, 0.1) is 5.82 Å². The topological polar surface area (TPSA) is 53.0 Å². The zero-order valence-corrected chi connectivity index (χ0v) is 21.7. The molecule has 1 fully saturated rings. The number of carbonyl (C=O) groups is 1. The molecule has 12 heteroatoms. The van der Waals surface area contributed by atoms with Crippen LogP contribution in [0.25, 0.3) is 0 Å². The molecule has 216 valence electrons. The Bertz CT molecular complexity index is 1090. The standard InChI is InChI=1S/C27H31F7N2O3/c1-16(18-12-19(26(29,30)31)14-20(13-18)27(32,33)34)39-23-9-8-22(25(23)17-4-6-21(28)7-5-17)36(3)15-24(38)35(2)10-11-37/h4-7,12-14,16,22-23,25,37H,8-11,15H2,1-3H3/t16-,22-,23+,25+/m1/s1. The molecule has 5 nitrogen and oxygen atoms in total. The first kappa shape index (κ1) is 30.8. The molecule has 1 amide bonds. The second-order valence-corrected chi connectivity index (χ2v) is 9.83. The van der Waals surface area contributed by atoms with Gasteiger partial charge in [0, 0.05) is 25.6 Å². The summed E-state index contributed by atoms with van der Waals surface area (Å²) >= 11 is 0. The summed E-state index contributed by atoms with van der Waals surface area (Å²) in [6, 6.07) is 6.72. The Kier molecular flexibility index (Phi) is 9.66. The molecule has 2 aromatic rings. The molecule has 1 aliphatic carbocycles. The summed E-state index contributed by atoms with van der Waals surface area (Å²) in [5.41, 5.74) is -2.45. The monoisotopic (exact) mass is 564 g/mol. The summed E-state index contributed by atoms with van der Waals surface area (Å²) in [5.74, 6) is -1.16. The predicted molar refractivity (Wildman–Crippen MR) is 129 cm³/mol. The lowest BCUT2D eigenvalue weighted by molar-refractivity contribution is -0.143. The lowest BCUT2D eigenvalue weighted by atomic mass is 9.91. The maximum atomic E-state index is 13.7. The average molecular weight is 565 g/mol. The smallest absolute Gasteiger partial charge is 0.395 e. The predicted octanol–water partition coefficient (Wildman–Crippen LogP) is 5.64. The third-order valence-electron chi connectivity index (χ3n) is 7.09. The lowest BCUT2D eigenvalue weighted by Gasteiger charge is -2.33. The van der Waals surface area contributed by atoms with Crippen molar-refractivity contribution in [2.45, 2.75) is 56.3 Å². The molecule has 0 aromatic heterocycles. The van der Waals surface area contributed by atoms with Crippen LogP contribution in [-0.2, 0) is 21.9 Å². The van der Waals surface area contributed by atoms with Gasteiger partial charge in [-0.3, -0.25) is 9.69 Å². The van der Waals surface area contributed by atoms with Gasteiger partial charge in [-0.1, -0.05) is 12.1 Å². The summed E-state index contributed by atoms with van der Waals surface area (Å²) in [6.45, 7) is 1.34. The molecule has 0 heterocycles. The first-order valence-corrected chi connectivity index (χ1v) is 12.4. The fraction of sp³-hybridized carbons (Fsp3) is 0.519. The van der Waals surface area contributed by atoms with E-state index in [0.717, 1.165) is 0 Å². The van der Waals surface area contributed by atoms with E-state index in [1.54, 1.807) is 31.1 Å². The van der Waals surface area contributed by atoms with Gasteiger partial charge in [0.05, 0.1) is 36.5 Å². The summed E-state index contributed by atoms with van der Waals surface area (Å²) in [4.78, 5) is 15.7. The Balaban J connectivity index is 1.90. The maximum Gasteiger partial charge on any atom is 0.416 e. The number of hydrogen-bond donors (Lipinski definition) is 1. The van der Waals surface area contributed by atoms with Crippen molar-refractivity contribution in [1.82, 2.24) is 9.80 Å². The first-order valence-electron chi connectivity index (χ1n) is 12.4. The van der Waals surface area contributed by atoms with Crippen molar-refractivity contribution in [1.29, 1.82) is 0 Å². The van der Waals surface area contributed by atoms with Crippen molar-refractivity contribution >= 4 is 5.91 Å². The third-order valence-corrected chi connectivity index (χ3v) is 7.09. The molecule has 3 rings (SSSR count). The highest BCUT2D eigenvalue weighted by Crippen LogP contribution is 2.43. The van der Waals surface area contributed by atoms with Crippen molar-refractivity contribution in [3.05, 3.63) is 70.5 Å². The highest BCUT2D eigenvalue weighted by molar-refractivity contribution is 5.78. The quantitative estimate of drug-likeness (QED) is 0.401. The van der Waals surface area contributed by atoms with E-state index in [4.69, 9.17) is 9.84 Å². The lowest BCUT2D eigenvalue weighted by Crippen LogP contribution is -2.44. The minimum atomic E-state index is -4.98. The molecule has 0 radical (unpaired) electrons. The van der Waals surface area contributed by atoms with Crippen LogP contribution in [0.5, 0.6) is 0 Å². The highest BCUT2D eigenvalue weighted by Gasteiger charge is 2.42. The molecule has 1 N–H and O–H groups in total. The number of aliphatic hydroxyl groups is 1. The van der Waals surface area contributed by atoms with E-state index in [2.05, 4.69) is 0 Å². The number of benzene rings is 2. The van der Waals surface area contributed by atoms with Crippen LogP contribution >= 0.6 is 0 Å². The summed E-state index contributed by atoms with van der Waals surface area (Å²) in [7, 11) is 3.27. The van der Waals surface area contributed by atoms with Crippen LogP contribution in [0.3, 0.4) is 0 Å². The number of aliphatic hydroxyl groups excluding tert-OH is 1. The van der Waals surface area contributed by atoms with Gasteiger partial charge in [-0.25, -0.2) is 4.39 Å². The maximum absolute atomic E-state index is 13.7. The number of halogens is 7. The molecular formula is C27H31F7N2O3. The largest absolute Gasteiger partial charge is 0.416 e. The zero-order valence-electron chi connectivity index (χ0n) is 21.7. The number of alkyl halides is 6. The van der Waals surface area contributed by atoms with Gasteiger partial charge >= 0.3 is 12.4 Å². The summed E-state index contributed by atoms with van der Waals surface area (Å²) in [5, 5.41) is 9.10. The second-order valence-electron chi connectivity index (χ2n) is 9.83. The molecule has 1 aliphatic rings. The Morgan fingerprint density at radius 2 is 1.56 bits per heavy atom. The van der Waals surface area contributed by atoms with Gasteiger partial charge in [-0.15, -0.1) is 0 Å². The zero-order chi connectivity index (χ0) is 29.1. The SMILES string of the molecule is C[C@@H](O[C@H]1CC[C@@H](N(C)CC(=O)N(C)CCO)[C@@H]1c1ccc(F)cc1)c1cc(C(F)(F)F)cc(C(F)(F)F)c1. The summed E-state index contributed by atoms with van der Waals surface area (Å²) < 4.78 is 100. The van der Waals surface area contributed by atoms with Gasteiger partial charge in [-0.05, 0) is 68.3 Å². The van der Waals surface area contributed by atoms with E-state index in [1.165, 1.54) is 24.0 Å². The van der Waals surface area contributed by atoms with Crippen LogP contribution in [-0.4, -0.2) is 66.8 Å². The highest BCUT2D eigenvalue weighted by atomic mass is 19.4. The van der Waals surface area contributed by atoms with Gasteiger partial charge in [0.15, 0.2) is 0 Å². The van der Waals surface area contributed by atoms with Gasteiger partial charge in [0.25, 0.3) is 0 Å².